The Morgan fingerprint density at radius 2 is 2.40 bits per heavy atom. The Balaban J connectivity index is 2.75. The van der Waals surface area contributed by atoms with Gasteiger partial charge in [-0.1, -0.05) is 0 Å². The van der Waals surface area contributed by atoms with Gasteiger partial charge < -0.3 is 10.2 Å². The van der Waals surface area contributed by atoms with Crippen LogP contribution in [0.4, 0.5) is 0 Å². The van der Waals surface area contributed by atoms with Gasteiger partial charge in [0.1, 0.15) is 12.4 Å². The highest BCUT2D eigenvalue weighted by molar-refractivity contribution is 5.01. The maximum Gasteiger partial charge on any atom is 0.119 e. The number of aromatic nitrogens is 2. The monoisotopic (exact) mass is 140 g/mol. The van der Waals surface area contributed by atoms with Crippen LogP contribution in [0.2, 0.25) is 0 Å². The Morgan fingerprint density at radius 3 is 2.90 bits per heavy atom. The van der Waals surface area contributed by atoms with Crippen molar-refractivity contribution in [3.05, 3.63) is 24.3 Å². The lowest BCUT2D eigenvalue weighted by Gasteiger charge is -2.03. The number of hydrogen-bond acceptors (Lipinski definition) is 4. The van der Waals surface area contributed by atoms with E-state index in [1.165, 1.54) is 12.5 Å². The zero-order valence-electron chi connectivity index (χ0n) is 5.31. The fourth-order valence-electron chi connectivity index (χ4n) is 0.592. The SMILES string of the molecule is OCC(O)c1ccncn1. The molecule has 0 aromatic carbocycles. The van der Waals surface area contributed by atoms with Crippen molar-refractivity contribution in [1.29, 1.82) is 0 Å². The number of nitrogens with zero attached hydrogens (tertiary/aromatic N) is 2. The van der Waals surface area contributed by atoms with Crippen LogP contribution in [0.25, 0.3) is 0 Å². The molecule has 2 N–H and O–H groups in total. The van der Waals surface area contributed by atoms with Crippen LogP contribution in [0.3, 0.4) is 0 Å². The Kier molecular flexibility index (Phi) is 2.30. The first kappa shape index (κ1) is 7.11. The molecule has 1 aromatic rings. The predicted octanol–water partition coefficient (Wildman–Crippen LogP) is -0.498. The van der Waals surface area contributed by atoms with E-state index in [9.17, 15) is 0 Å². The molecule has 0 fully saturated rings. The first-order valence-electron chi connectivity index (χ1n) is 2.89. The van der Waals surface area contributed by atoms with E-state index >= 15 is 0 Å². The van der Waals surface area contributed by atoms with Gasteiger partial charge in [-0.05, 0) is 6.07 Å². The third-order valence-electron chi connectivity index (χ3n) is 1.12. The van der Waals surface area contributed by atoms with E-state index in [0.29, 0.717) is 5.69 Å². The van der Waals surface area contributed by atoms with E-state index in [1.54, 1.807) is 6.07 Å². The van der Waals surface area contributed by atoms with Gasteiger partial charge in [-0.25, -0.2) is 9.97 Å². The average molecular weight is 140 g/mol. The van der Waals surface area contributed by atoms with Crippen LogP contribution >= 0.6 is 0 Å². The Hall–Kier alpha value is -1.00. The quantitative estimate of drug-likeness (QED) is 0.581. The molecule has 54 valence electrons. The molecule has 1 atom stereocenters. The van der Waals surface area contributed by atoms with Crippen molar-refractivity contribution in [2.75, 3.05) is 6.61 Å². The molecule has 0 spiro atoms. The van der Waals surface area contributed by atoms with Gasteiger partial charge in [-0.3, -0.25) is 0 Å². The van der Waals surface area contributed by atoms with Gasteiger partial charge in [0.15, 0.2) is 0 Å². The van der Waals surface area contributed by atoms with E-state index < -0.39 is 6.10 Å². The second-order valence-corrected chi connectivity index (χ2v) is 1.83. The van der Waals surface area contributed by atoms with E-state index in [4.69, 9.17) is 10.2 Å². The number of rotatable bonds is 2. The highest BCUT2D eigenvalue weighted by atomic mass is 16.3. The third kappa shape index (κ3) is 1.49. The van der Waals surface area contributed by atoms with Crippen LogP contribution in [0.15, 0.2) is 18.6 Å². The van der Waals surface area contributed by atoms with Crippen LogP contribution in [0.1, 0.15) is 11.8 Å². The molecule has 0 aliphatic carbocycles. The van der Waals surface area contributed by atoms with Gasteiger partial charge in [-0.15, -0.1) is 0 Å². The van der Waals surface area contributed by atoms with Gasteiger partial charge in [0.2, 0.25) is 0 Å². The first-order chi connectivity index (χ1) is 4.84. The average Bonchev–Trinajstić information content (AvgIpc) is 2.05. The summed E-state index contributed by atoms with van der Waals surface area (Å²) in [5, 5.41) is 17.5. The van der Waals surface area contributed by atoms with Crippen molar-refractivity contribution in [3.8, 4) is 0 Å². The lowest BCUT2D eigenvalue weighted by atomic mass is 10.3. The van der Waals surface area contributed by atoms with Gasteiger partial charge in [0.25, 0.3) is 0 Å². The minimum absolute atomic E-state index is 0.309. The van der Waals surface area contributed by atoms with E-state index in [1.807, 2.05) is 0 Å². The van der Waals surface area contributed by atoms with Gasteiger partial charge >= 0.3 is 0 Å². The van der Waals surface area contributed by atoms with Crippen LogP contribution in [-0.2, 0) is 0 Å². The Labute approximate surface area is 58.2 Å². The number of hydrogen-bond donors (Lipinski definition) is 2. The number of aliphatic hydroxyl groups excluding tert-OH is 2. The fraction of sp³-hybridized carbons (Fsp3) is 0.333. The van der Waals surface area contributed by atoms with Crippen molar-refractivity contribution in [2.24, 2.45) is 0 Å². The second-order valence-electron chi connectivity index (χ2n) is 1.83. The molecular weight excluding hydrogens is 132 g/mol. The lowest BCUT2D eigenvalue weighted by Crippen LogP contribution is -2.04. The van der Waals surface area contributed by atoms with Gasteiger partial charge in [0, 0.05) is 6.20 Å². The minimum atomic E-state index is -0.886. The standard InChI is InChI=1S/C6H8N2O2/c9-3-6(10)5-1-2-7-4-8-5/h1-2,4,6,9-10H,3H2. The molecule has 1 aromatic heterocycles. The maximum absolute atomic E-state index is 8.99. The second kappa shape index (κ2) is 3.24. The molecule has 10 heavy (non-hydrogen) atoms. The molecule has 0 amide bonds. The summed E-state index contributed by atoms with van der Waals surface area (Å²) in [6.45, 7) is -0.309. The van der Waals surface area contributed by atoms with E-state index in [2.05, 4.69) is 9.97 Å². The molecule has 0 bridgehead atoms. The summed E-state index contributed by atoms with van der Waals surface area (Å²) in [5.74, 6) is 0. The summed E-state index contributed by atoms with van der Waals surface area (Å²) >= 11 is 0. The highest BCUT2D eigenvalue weighted by Crippen LogP contribution is 2.04. The van der Waals surface area contributed by atoms with Crippen molar-refractivity contribution < 1.29 is 10.2 Å². The zero-order chi connectivity index (χ0) is 7.40. The Bertz CT molecular complexity index is 190. The summed E-state index contributed by atoms with van der Waals surface area (Å²) in [6, 6.07) is 1.56. The largest absolute Gasteiger partial charge is 0.393 e. The van der Waals surface area contributed by atoms with Gasteiger partial charge in [0.05, 0.1) is 12.3 Å². The van der Waals surface area contributed by atoms with Crippen molar-refractivity contribution >= 4 is 0 Å². The summed E-state index contributed by atoms with van der Waals surface area (Å²) in [6.07, 6.45) is 1.96. The summed E-state index contributed by atoms with van der Waals surface area (Å²) < 4.78 is 0. The van der Waals surface area contributed by atoms with E-state index in [0.717, 1.165) is 0 Å². The molecule has 0 radical (unpaired) electrons. The van der Waals surface area contributed by atoms with Crippen LogP contribution in [-0.4, -0.2) is 26.8 Å². The van der Waals surface area contributed by atoms with Crippen molar-refractivity contribution in [3.63, 3.8) is 0 Å². The van der Waals surface area contributed by atoms with Crippen LogP contribution in [0.5, 0.6) is 0 Å². The van der Waals surface area contributed by atoms with Gasteiger partial charge in [-0.2, -0.15) is 0 Å². The summed E-state index contributed by atoms with van der Waals surface area (Å²) in [7, 11) is 0. The topological polar surface area (TPSA) is 66.2 Å². The fourth-order valence-corrected chi connectivity index (χ4v) is 0.592. The zero-order valence-corrected chi connectivity index (χ0v) is 5.31. The lowest BCUT2D eigenvalue weighted by molar-refractivity contribution is 0.0921. The molecule has 0 aliphatic heterocycles. The highest BCUT2D eigenvalue weighted by Gasteiger charge is 2.04. The van der Waals surface area contributed by atoms with Crippen molar-refractivity contribution in [1.82, 2.24) is 9.97 Å². The molecule has 4 nitrogen and oxygen atoms in total. The van der Waals surface area contributed by atoms with Crippen molar-refractivity contribution in [2.45, 2.75) is 6.10 Å². The third-order valence-corrected chi connectivity index (χ3v) is 1.12. The molecular formula is C6H8N2O2. The number of aliphatic hydroxyl groups is 2. The normalized spacial score (nSPS) is 13.0. The predicted molar refractivity (Wildman–Crippen MR) is 34.1 cm³/mol. The van der Waals surface area contributed by atoms with E-state index in [-0.39, 0.29) is 6.61 Å². The molecule has 0 aliphatic rings. The molecule has 1 unspecified atom stereocenters. The smallest absolute Gasteiger partial charge is 0.119 e. The van der Waals surface area contributed by atoms with Crippen LogP contribution in [0, 0.1) is 0 Å². The molecule has 4 heteroatoms. The Morgan fingerprint density at radius 1 is 1.60 bits per heavy atom. The molecule has 1 heterocycles. The first-order valence-corrected chi connectivity index (χ1v) is 2.89. The summed E-state index contributed by atoms with van der Waals surface area (Å²) in [5.41, 5.74) is 0.442. The molecule has 0 saturated heterocycles. The maximum atomic E-state index is 8.99. The molecule has 1 rings (SSSR count). The summed E-state index contributed by atoms with van der Waals surface area (Å²) in [4.78, 5) is 7.39. The molecule has 0 saturated carbocycles. The van der Waals surface area contributed by atoms with Crippen LogP contribution < -0.4 is 0 Å². The minimum Gasteiger partial charge on any atom is -0.393 e.